The second-order valence-corrected chi connectivity index (χ2v) is 8.13. The minimum absolute atomic E-state index is 0.0363. The van der Waals surface area contributed by atoms with Crippen molar-refractivity contribution in [2.24, 2.45) is 11.1 Å². The highest BCUT2D eigenvalue weighted by Gasteiger charge is 2.52. The van der Waals surface area contributed by atoms with Gasteiger partial charge in [-0.1, -0.05) is 0 Å². The van der Waals surface area contributed by atoms with Crippen LogP contribution < -0.4 is 10.6 Å². The standard InChI is InChI=1S/C16H21BrFN5/c1-15(18)8-12(19)16(10-15)2-5-22(6-3-16)14-21-9-11(17)13-20-4-7-23(13)14/h4,7,9,12H,2-3,5-6,8,10,19H2,1H3/t12-,15?/m1/s1. The molecule has 0 bridgehead atoms. The normalized spacial score (nSPS) is 30.4. The summed E-state index contributed by atoms with van der Waals surface area (Å²) < 4.78 is 17.3. The lowest BCUT2D eigenvalue weighted by atomic mass is 9.74. The van der Waals surface area contributed by atoms with E-state index in [1.54, 1.807) is 19.3 Å². The minimum atomic E-state index is -1.12. The van der Waals surface area contributed by atoms with Crippen LogP contribution in [-0.2, 0) is 0 Å². The fourth-order valence-corrected chi connectivity index (χ4v) is 4.82. The van der Waals surface area contributed by atoms with Gasteiger partial charge < -0.3 is 10.6 Å². The maximum Gasteiger partial charge on any atom is 0.211 e. The summed E-state index contributed by atoms with van der Waals surface area (Å²) in [7, 11) is 0. The number of hydrogen-bond acceptors (Lipinski definition) is 4. The van der Waals surface area contributed by atoms with Crippen LogP contribution in [0.15, 0.2) is 23.1 Å². The number of halogens is 2. The van der Waals surface area contributed by atoms with Gasteiger partial charge in [-0.25, -0.2) is 14.4 Å². The molecule has 0 amide bonds. The number of hydrogen-bond donors (Lipinski definition) is 1. The summed E-state index contributed by atoms with van der Waals surface area (Å²) in [6, 6.07) is -0.0363. The van der Waals surface area contributed by atoms with E-state index in [9.17, 15) is 4.39 Å². The summed E-state index contributed by atoms with van der Waals surface area (Å²) in [6.07, 6.45) is 8.40. The molecule has 5 nitrogen and oxygen atoms in total. The molecular weight excluding hydrogens is 361 g/mol. The summed E-state index contributed by atoms with van der Waals surface area (Å²) in [6.45, 7) is 3.40. The Kier molecular flexibility index (Phi) is 3.43. The molecule has 1 spiro atoms. The molecule has 2 N–H and O–H groups in total. The number of aromatic nitrogens is 3. The molecule has 2 aromatic heterocycles. The van der Waals surface area contributed by atoms with Gasteiger partial charge in [-0.3, -0.25) is 4.40 Å². The molecule has 2 aromatic rings. The SMILES string of the molecule is CC1(F)C[C@@H](N)C2(CCN(c3ncc(Br)c4nccn34)CC2)C1. The Balaban J connectivity index is 1.58. The lowest BCUT2D eigenvalue weighted by Crippen LogP contribution is -2.47. The molecule has 7 heteroatoms. The van der Waals surface area contributed by atoms with E-state index >= 15 is 0 Å². The van der Waals surface area contributed by atoms with Gasteiger partial charge >= 0.3 is 0 Å². The Morgan fingerprint density at radius 3 is 2.74 bits per heavy atom. The van der Waals surface area contributed by atoms with Gasteiger partial charge in [0, 0.05) is 37.7 Å². The number of anilines is 1. The Morgan fingerprint density at radius 1 is 1.35 bits per heavy atom. The predicted octanol–water partition coefficient (Wildman–Crippen LogP) is 2.93. The van der Waals surface area contributed by atoms with Crippen LogP contribution in [0.1, 0.15) is 32.6 Å². The largest absolute Gasteiger partial charge is 0.342 e. The van der Waals surface area contributed by atoms with E-state index < -0.39 is 5.67 Å². The monoisotopic (exact) mass is 381 g/mol. The molecule has 2 fully saturated rings. The van der Waals surface area contributed by atoms with Crippen LogP contribution in [0.3, 0.4) is 0 Å². The van der Waals surface area contributed by atoms with E-state index in [2.05, 4.69) is 30.8 Å². The molecule has 3 heterocycles. The highest BCUT2D eigenvalue weighted by atomic mass is 79.9. The van der Waals surface area contributed by atoms with Crippen molar-refractivity contribution >= 4 is 27.5 Å². The zero-order chi connectivity index (χ0) is 16.2. The number of imidazole rings is 1. The van der Waals surface area contributed by atoms with Gasteiger partial charge in [0.2, 0.25) is 5.95 Å². The van der Waals surface area contributed by atoms with Crippen molar-refractivity contribution in [3.05, 3.63) is 23.1 Å². The van der Waals surface area contributed by atoms with Crippen LogP contribution in [0, 0.1) is 5.41 Å². The molecule has 4 rings (SSSR count). The first-order valence-electron chi connectivity index (χ1n) is 8.07. The fourth-order valence-electron chi connectivity index (χ4n) is 4.42. The van der Waals surface area contributed by atoms with Gasteiger partial charge in [0.1, 0.15) is 5.67 Å². The molecule has 1 aliphatic heterocycles. The fraction of sp³-hybridized carbons (Fsp3) is 0.625. The molecule has 0 aromatic carbocycles. The predicted molar refractivity (Wildman–Crippen MR) is 91.3 cm³/mol. The number of fused-ring (bicyclic) bond motifs is 1. The third-order valence-electron chi connectivity index (χ3n) is 5.56. The van der Waals surface area contributed by atoms with E-state index in [4.69, 9.17) is 5.73 Å². The van der Waals surface area contributed by atoms with E-state index in [0.29, 0.717) is 12.8 Å². The summed E-state index contributed by atoms with van der Waals surface area (Å²) in [5.41, 5.74) is 6.00. The lowest BCUT2D eigenvalue weighted by molar-refractivity contribution is 0.142. The van der Waals surface area contributed by atoms with E-state index in [-0.39, 0.29) is 11.5 Å². The number of nitrogens with two attached hydrogens (primary N) is 1. The summed E-state index contributed by atoms with van der Waals surface area (Å²) in [4.78, 5) is 11.2. The molecule has 1 aliphatic carbocycles. The number of alkyl halides is 1. The van der Waals surface area contributed by atoms with E-state index in [1.807, 2.05) is 10.6 Å². The Hall–Kier alpha value is -1.21. The second-order valence-electron chi connectivity index (χ2n) is 7.28. The average molecular weight is 382 g/mol. The summed E-state index contributed by atoms with van der Waals surface area (Å²) in [5, 5.41) is 0. The maximum absolute atomic E-state index is 14.4. The van der Waals surface area contributed by atoms with Gasteiger partial charge in [0.15, 0.2) is 5.65 Å². The third-order valence-corrected chi connectivity index (χ3v) is 6.12. The third kappa shape index (κ3) is 2.45. The minimum Gasteiger partial charge on any atom is -0.342 e. The molecule has 124 valence electrons. The molecular formula is C16H21BrFN5. The van der Waals surface area contributed by atoms with Gasteiger partial charge in [-0.2, -0.15) is 0 Å². The van der Waals surface area contributed by atoms with Crippen molar-refractivity contribution in [3.63, 3.8) is 0 Å². The first-order valence-corrected chi connectivity index (χ1v) is 8.87. The van der Waals surface area contributed by atoms with Gasteiger partial charge in [-0.15, -0.1) is 0 Å². The molecule has 1 unspecified atom stereocenters. The van der Waals surface area contributed by atoms with E-state index in [1.165, 1.54) is 0 Å². The van der Waals surface area contributed by atoms with Crippen molar-refractivity contribution in [2.45, 2.75) is 44.3 Å². The molecule has 1 saturated carbocycles. The Bertz CT molecular complexity index is 735. The quantitative estimate of drug-likeness (QED) is 0.824. The molecule has 2 atom stereocenters. The first-order chi connectivity index (χ1) is 10.9. The molecule has 0 radical (unpaired) electrons. The molecule has 1 saturated heterocycles. The van der Waals surface area contributed by atoms with Crippen LogP contribution in [0.5, 0.6) is 0 Å². The highest BCUT2D eigenvalue weighted by Crippen LogP contribution is 2.51. The topological polar surface area (TPSA) is 59.5 Å². The second kappa shape index (κ2) is 5.14. The number of rotatable bonds is 1. The highest BCUT2D eigenvalue weighted by molar-refractivity contribution is 9.10. The van der Waals surface area contributed by atoms with Crippen LogP contribution in [0.4, 0.5) is 10.3 Å². The van der Waals surface area contributed by atoms with Gasteiger partial charge in [0.05, 0.1) is 4.47 Å². The first kappa shape index (κ1) is 15.3. The van der Waals surface area contributed by atoms with Crippen molar-refractivity contribution in [1.29, 1.82) is 0 Å². The van der Waals surface area contributed by atoms with Crippen molar-refractivity contribution in [3.8, 4) is 0 Å². The number of piperidine rings is 1. The zero-order valence-corrected chi connectivity index (χ0v) is 14.8. The van der Waals surface area contributed by atoms with Crippen molar-refractivity contribution in [1.82, 2.24) is 14.4 Å². The van der Waals surface area contributed by atoms with E-state index in [0.717, 1.165) is 42.0 Å². The number of nitrogens with zero attached hydrogens (tertiary/aromatic N) is 4. The Morgan fingerprint density at radius 2 is 2.09 bits per heavy atom. The van der Waals surface area contributed by atoms with Crippen LogP contribution in [-0.4, -0.2) is 39.2 Å². The zero-order valence-electron chi connectivity index (χ0n) is 13.2. The van der Waals surface area contributed by atoms with Crippen LogP contribution >= 0.6 is 15.9 Å². The Labute approximate surface area is 143 Å². The van der Waals surface area contributed by atoms with Crippen LogP contribution in [0.25, 0.3) is 5.65 Å². The summed E-state index contributed by atoms with van der Waals surface area (Å²) >= 11 is 3.48. The van der Waals surface area contributed by atoms with Crippen molar-refractivity contribution in [2.75, 3.05) is 18.0 Å². The lowest BCUT2D eigenvalue weighted by Gasteiger charge is -2.42. The molecule has 2 aliphatic rings. The van der Waals surface area contributed by atoms with Crippen molar-refractivity contribution < 1.29 is 4.39 Å². The van der Waals surface area contributed by atoms with Crippen LogP contribution in [0.2, 0.25) is 0 Å². The summed E-state index contributed by atoms with van der Waals surface area (Å²) in [5.74, 6) is 0.894. The average Bonchev–Trinajstić information content (AvgIpc) is 3.05. The maximum atomic E-state index is 14.4. The smallest absolute Gasteiger partial charge is 0.211 e. The molecule has 23 heavy (non-hydrogen) atoms. The van der Waals surface area contributed by atoms with Gasteiger partial charge in [-0.05, 0) is 54.0 Å². The van der Waals surface area contributed by atoms with Gasteiger partial charge in [0.25, 0.3) is 0 Å².